The Morgan fingerprint density at radius 2 is 2.13 bits per heavy atom. The number of hydrogen-bond acceptors (Lipinski definition) is 5. The lowest BCUT2D eigenvalue weighted by atomic mass is 10.1. The number of aromatic nitrogens is 2. The molecule has 0 atom stereocenters. The molecule has 6 heteroatoms. The molecular weight excluding hydrogens is 290 g/mol. The van der Waals surface area contributed by atoms with E-state index in [-0.39, 0.29) is 5.56 Å². The average molecular weight is 311 g/mol. The number of nitrogens with one attached hydrogen (secondary N) is 4. The number of nitrogens with zero attached hydrogens (tertiary/aromatic N) is 1. The van der Waals surface area contributed by atoms with Crippen LogP contribution in [-0.2, 0) is 6.54 Å². The molecule has 1 aliphatic carbocycles. The highest BCUT2D eigenvalue weighted by Crippen LogP contribution is 2.24. The third kappa shape index (κ3) is 3.59. The Morgan fingerprint density at radius 3 is 2.78 bits per heavy atom. The molecule has 1 aliphatic rings. The van der Waals surface area contributed by atoms with Gasteiger partial charge in [0.1, 0.15) is 11.4 Å². The van der Waals surface area contributed by atoms with Crippen LogP contribution in [0.25, 0.3) is 0 Å². The summed E-state index contributed by atoms with van der Waals surface area (Å²) in [5.74, 6) is 0.382. The molecule has 120 valence electrons. The van der Waals surface area contributed by atoms with E-state index in [1.807, 2.05) is 6.07 Å². The molecule has 2 aromatic rings. The number of H-pyrrole nitrogens is 1. The van der Waals surface area contributed by atoms with Crippen molar-refractivity contribution in [1.29, 1.82) is 5.41 Å². The minimum absolute atomic E-state index is 0.243. The maximum atomic E-state index is 12.2. The summed E-state index contributed by atoms with van der Waals surface area (Å²) in [6, 6.07) is 6.58. The van der Waals surface area contributed by atoms with Crippen molar-refractivity contribution in [3.8, 4) is 0 Å². The molecule has 0 unspecified atom stereocenters. The van der Waals surface area contributed by atoms with Crippen molar-refractivity contribution >= 4 is 17.9 Å². The average Bonchev–Trinajstić information content (AvgIpc) is 3.34. The minimum Gasteiger partial charge on any atom is -0.376 e. The van der Waals surface area contributed by atoms with E-state index < -0.39 is 0 Å². The lowest BCUT2D eigenvalue weighted by molar-refractivity contribution is 1.01. The summed E-state index contributed by atoms with van der Waals surface area (Å²) in [5, 5.41) is 13.7. The predicted octanol–water partition coefficient (Wildman–Crippen LogP) is 2.57. The molecule has 0 bridgehead atoms. The number of anilines is 2. The number of hydrogen-bond donors (Lipinski definition) is 4. The summed E-state index contributed by atoms with van der Waals surface area (Å²) in [6.07, 6.45) is 3.23. The fourth-order valence-electron chi connectivity index (χ4n) is 2.35. The standard InChI is InChI=1S/C17H21N5O/c1-10-3-4-12(7-11(10)2)9-19-17-21-14(8-18)15(16(23)22-17)20-13-5-6-13/h3-4,7-8,13,18,20H,5-6,9H2,1-2H3,(H2,19,21,22,23). The lowest BCUT2D eigenvalue weighted by Crippen LogP contribution is -2.21. The van der Waals surface area contributed by atoms with Gasteiger partial charge in [0.15, 0.2) is 0 Å². The van der Waals surface area contributed by atoms with Crippen LogP contribution in [0.5, 0.6) is 0 Å². The van der Waals surface area contributed by atoms with E-state index in [9.17, 15) is 4.79 Å². The van der Waals surface area contributed by atoms with Gasteiger partial charge in [0.2, 0.25) is 5.95 Å². The van der Waals surface area contributed by atoms with Crippen molar-refractivity contribution in [2.75, 3.05) is 10.6 Å². The Balaban J connectivity index is 1.77. The van der Waals surface area contributed by atoms with Crippen LogP contribution >= 0.6 is 0 Å². The minimum atomic E-state index is -0.243. The Bertz CT molecular complexity index is 792. The topological polar surface area (TPSA) is 93.7 Å². The molecule has 1 saturated carbocycles. The lowest BCUT2D eigenvalue weighted by Gasteiger charge is -2.11. The van der Waals surface area contributed by atoms with E-state index in [1.165, 1.54) is 11.1 Å². The van der Waals surface area contributed by atoms with Gasteiger partial charge in [0.25, 0.3) is 5.56 Å². The molecule has 6 nitrogen and oxygen atoms in total. The van der Waals surface area contributed by atoms with Gasteiger partial charge in [-0.3, -0.25) is 9.78 Å². The number of aromatic amines is 1. The summed E-state index contributed by atoms with van der Waals surface area (Å²) in [5.41, 5.74) is 4.11. The van der Waals surface area contributed by atoms with E-state index in [0.29, 0.717) is 29.9 Å². The number of rotatable bonds is 6. The van der Waals surface area contributed by atoms with Crippen LogP contribution in [0.15, 0.2) is 23.0 Å². The molecule has 1 aromatic heterocycles. The van der Waals surface area contributed by atoms with Gasteiger partial charge in [-0.25, -0.2) is 4.98 Å². The van der Waals surface area contributed by atoms with Crippen molar-refractivity contribution in [1.82, 2.24) is 9.97 Å². The maximum Gasteiger partial charge on any atom is 0.276 e. The highest BCUT2D eigenvalue weighted by Gasteiger charge is 2.23. The fourth-order valence-corrected chi connectivity index (χ4v) is 2.35. The second-order valence-electron chi connectivity index (χ2n) is 6.01. The van der Waals surface area contributed by atoms with Crippen LogP contribution in [0.4, 0.5) is 11.6 Å². The summed E-state index contributed by atoms with van der Waals surface area (Å²) in [7, 11) is 0. The highest BCUT2D eigenvalue weighted by molar-refractivity contribution is 5.83. The maximum absolute atomic E-state index is 12.2. The third-order valence-corrected chi connectivity index (χ3v) is 4.04. The first-order chi connectivity index (χ1) is 11.1. The Hall–Kier alpha value is -2.63. The molecule has 0 amide bonds. The van der Waals surface area contributed by atoms with E-state index in [2.05, 4.69) is 46.6 Å². The summed E-state index contributed by atoms with van der Waals surface area (Å²) in [6.45, 7) is 4.72. The quantitative estimate of drug-likeness (QED) is 0.617. The molecule has 1 heterocycles. The van der Waals surface area contributed by atoms with Crippen LogP contribution in [0.2, 0.25) is 0 Å². The van der Waals surface area contributed by atoms with E-state index in [4.69, 9.17) is 5.41 Å². The molecule has 1 aromatic carbocycles. The first-order valence-corrected chi connectivity index (χ1v) is 7.78. The van der Waals surface area contributed by atoms with Gasteiger partial charge in [0.05, 0.1) is 0 Å². The zero-order chi connectivity index (χ0) is 16.4. The monoisotopic (exact) mass is 311 g/mol. The number of benzene rings is 1. The Labute approximate surface area is 134 Å². The molecule has 3 rings (SSSR count). The van der Waals surface area contributed by atoms with Gasteiger partial charge in [-0.15, -0.1) is 0 Å². The number of aryl methyl sites for hydroxylation is 2. The molecule has 4 N–H and O–H groups in total. The van der Waals surface area contributed by atoms with Crippen LogP contribution in [0.1, 0.15) is 35.2 Å². The van der Waals surface area contributed by atoms with Crippen molar-refractivity contribution in [2.45, 2.75) is 39.3 Å². The van der Waals surface area contributed by atoms with Gasteiger partial charge in [-0.1, -0.05) is 18.2 Å². The van der Waals surface area contributed by atoms with E-state index >= 15 is 0 Å². The summed E-state index contributed by atoms with van der Waals surface area (Å²) < 4.78 is 0. The van der Waals surface area contributed by atoms with Gasteiger partial charge in [0, 0.05) is 18.8 Å². The van der Waals surface area contributed by atoms with Crippen LogP contribution in [0, 0.1) is 19.3 Å². The summed E-state index contributed by atoms with van der Waals surface area (Å²) >= 11 is 0. The normalized spacial score (nSPS) is 13.7. The van der Waals surface area contributed by atoms with Gasteiger partial charge < -0.3 is 16.0 Å². The second-order valence-corrected chi connectivity index (χ2v) is 6.01. The van der Waals surface area contributed by atoms with E-state index in [0.717, 1.165) is 24.6 Å². The van der Waals surface area contributed by atoms with E-state index in [1.54, 1.807) is 0 Å². The van der Waals surface area contributed by atoms with Crippen LogP contribution < -0.4 is 16.2 Å². The molecule has 0 spiro atoms. The SMILES string of the molecule is Cc1ccc(CNc2nc(C=N)c(NC3CC3)c(=O)[nH]2)cc1C. The van der Waals surface area contributed by atoms with Gasteiger partial charge >= 0.3 is 0 Å². The molecular formula is C17H21N5O. The van der Waals surface area contributed by atoms with Crippen molar-refractivity contribution in [3.05, 3.63) is 50.9 Å². The smallest absolute Gasteiger partial charge is 0.276 e. The Kier molecular flexibility index (Phi) is 4.14. The van der Waals surface area contributed by atoms with Crippen molar-refractivity contribution < 1.29 is 0 Å². The zero-order valence-electron chi connectivity index (χ0n) is 13.4. The van der Waals surface area contributed by atoms with Crippen LogP contribution in [0.3, 0.4) is 0 Å². The van der Waals surface area contributed by atoms with Crippen molar-refractivity contribution in [3.63, 3.8) is 0 Å². The molecule has 23 heavy (non-hydrogen) atoms. The van der Waals surface area contributed by atoms with Gasteiger partial charge in [-0.2, -0.15) is 0 Å². The molecule has 0 saturated heterocycles. The molecule has 0 aliphatic heterocycles. The van der Waals surface area contributed by atoms with Gasteiger partial charge in [-0.05, 0) is 43.4 Å². The van der Waals surface area contributed by atoms with Crippen LogP contribution in [-0.4, -0.2) is 22.2 Å². The second kappa shape index (κ2) is 6.24. The molecule has 1 fully saturated rings. The highest BCUT2D eigenvalue weighted by atomic mass is 16.1. The zero-order valence-corrected chi connectivity index (χ0v) is 13.4. The fraction of sp³-hybridized carbons (Fsp3) is 0.353. The third-order valence-electron chi connectivity index (χ3n) is 4.04. The largest absolute Gasteiger partial charge is 0.376 e. The summed E-state index contributed by atoms with van der Waals surface area (Å²) in [4.78, 5) is 19.2. The predicted molar refractivity (Wildman–Crippen MR) is 92.6 cm³/mol. The first kappa shape index (κ1) is 15.3. The Morgan fingerprint density at radius 1 is 1.35 bits per heavy atom. The van der Waals surface area contributed by atoms with Crippen molar-refractivity contribution in [2.24, 2.45) is 0 Å². The molecule has 0 radical (unpaired) electrons. The first-order valence-electron chi connectivity index (χ1n) is 7.78.